The van der Waals surface area contributed by atoms with Crippen molar-refractivity contribution in [3.63, 3.8) is 0 Å². The van der Waals surface area contributed by atoms with E-state index in [0.29, 0.717) is 0 Å². The van der Waals surface area contributed by atoms with Gasteiger partial charge in [0.05, 0.1) is 24.9 Å². The maximum atomic E-state index is 9.85. The molecular weight excluding hydrogens is 276 g/mol. The average molecular weight is 290 g/mol. The quantitative estimate of drug-likeness (QED) is 0.300. The molecule has 0 aromatic heterocycles. The summed E-state index contributed by atoms with van der Waals surface area (Å²) in [6, 6.07) is -2.69. The average Bonchev–Trinajstić information content (AvgIpc) is 2.16. The third-order valence-corrected chi connectivity index (χ3v) is 1.41. The monoisotopic (exact) mass is 289 g/mol. The fourth-order valence-corrected chi connectivity index (χ4v) is 0.547. The van der Waals surface area contributed by atoms with Crippen molar-refractivity contribution in [1.82, 2.24) is 0 Å². The van der Waals surface area contributed by atoms with E-state index in [-0.39, 0.29) is 23.1 Å². The first-order chi connectivity index (χ1) is 8.07. The Bertz CT molecular complexity index is 303. The van der Waals surface area contributed by atoms with Crippen LogP contribution in [0.1, 0.15) is 12.8 Å². The van der Waals surface area contributed by atoms with Gasteiger partial charge < -0.3 is 36.7 Å². The maximum Gasteiger partial charge on any atom is 2.00 e. The number of hydrogen-bond donors (Lipinski definition) is 5. The summed E-state index contributed by atoms with van der Waals surface area (Å²) in [5.41, 5.74) is 9.61. The molecule has 2 atom stereocenters. The number of carboxylic acid groups (broad SMARTS) is 4. The third kappa shape index (κ3) is 16.6. The topological polar surface area (TPSA) is 204 Å². The van der Waals surface area contributed by atoms with Crippen molar-refractivity contribution in [3.05, 3.63) is 0 Å². The predicted molar refractivity (Wildman–Crippen MR) is 58.9 cm³/mol. The van der Waals surface area contributed by atoms with Crippen molar-refractivity contribution in [2.24, 2.45) is 11.5 Å². The van der Waals surface area contributed by atoms with Gasteiger partial charge in [0.15, 0.2) is 0 Å². The first-order valence-electron chi connectivity index (χ1n) is 4.46. The van der Waals surface area contributed by atoms with Crippen LogP contribution in [0.4, 0.5) is 0 Å². The number of aliphatic carboxylic acids is 4. The fraction of sp³-hybridized carbons (Fsp3) is 0.500. The molecule has 0 rings (SSSR count). The van der Waals surface area contributed by atoms with Crippen LogP contribution >= 0.6 is 0 Å². The van der Waals surface area contributed by atoms with Gasteiger partial charge in [0.1, 0.15) is 6.04 Å². The molecule has 0 unspecified atom stereocenters. The Balaban J connectivity index is -0.000000256. The normalized spacial score (nSPS) is 11.9. The van der Waals surface area contributed by atoms with E-state index in [1.807, 2.05) is 0 Å². The summed E-state index contributed by atoms with van der Waals surface area (Å²) < 4.78 is 0. The molecule has 104 valence electrons. The van der Waals surface area contributed by atoms with E-state index in [4.69, 9.17) is 26.8 Å². The van der Waals surface area contributed by atoms with E-state index >= 15 is 0 Å². The van der Waals surface area contributed by atoms with Gasteiger partial charge in [-0.15, -0.1) is 0 Å². The number of hydrogen-bond acceptors (Lipinski definition) is 7. The van der Waals surface area contributed by atoms with Crippen molar-refractivity contribution < 1.29 is 39.6 Å². The van der Waals surface area contributed by atoms with Crippen molar-refractivity contribution in [2.75, 3.05) is 0 Å². The Morgan fingerprint density at radius 1 is 0.895 bits per heavy atom. The van der Waals surface area contributed by atoms with Gasteiger partial charge in [0.2, 0.25) is 0 Å². The maximum absolute atomic E-state index is 9.85. The molecule has 10 nitrogen and oxygen atoms in total. The molecule has 0 aliphatic carbocycles. The van der Waals surface area contributed by atoms with Crippen molar-refractivity contribution in [2.45, 2.75) is 24.9 Å². The third-order valence-electron chi connectivity index (χ3n) is 1.41. The molecule has 0 saturated carbocycles. The molecule has 0 saturated heterocycles. The zero-order chi connectivity index (χ0) is 14.9. The second kappa shape index (κ2) is 11.6. The number of rotatable bonds is 6. The van der Waals surface area contributed by atoms with Gasteiger partial charge in [-0.1, -0.05) is 0 Å². The first kappa shape index (κ1) is 22.7. The number of carboxylic acids is 4. The molecule has 0 aliphatic heterocycles. The van der Waals surface area contributed by atoms with Crippen LogP contribution in [0.3, 0.4) is 0 Å². The molecule has 0 aromatic carbocycles. The van der Waals surface area contributed by atoms with E-state index in [9.17, 15) is 24.3 Å². The molecule has 0 spiro atoms. The summed E-state index contributed by atoms with van der Waals surface area (Å²) >= 11 is 0. The van der Waals surface area contributed by atoms with Gasteiger partial charge in [-0.25, -0.2) is 0 Å². The Hall–Kier alpha value is -1.43. The Kier molecular flexibility index (Phi) is 13.9. The zero-order valence-electron chi connectivity index (χ0n) is 9.81. The van der Waals surface area contributed by atoms with Gasteiger partial charge in [-0.3, -0.25) is 14.4 Å². The van der Waals surface area contributed by atoms with E-state index in [2.05, 4.69) is 0 Å². The summed E-state index contributed by atoms with van der Waals surface area (Å²) in [4.78, 5) is 39.1. The molecule has 0 bridgehead atoms. The summed E-state index contributed by atoms with van der Waals surface area (Å²) in [7, 11) is 0. The first-order valence-corrected chi connectivity index (χ1v) is 4.46. The minimum Gasteiger partial charge on any atom is -0.548 e. The smallest absolute Gasteiger partial charge is 0.548 e. The van der Waals surface area contributed by atoms with Gasteiger partial charge in [-0.05, 0) is 0 Å². The molecule has 0 fully saturated rings. The molecule has 0 radical (unpaired) electrons. The van der Waals surface area contributed by atoms with E-state index < -0.39 is 48.8 Å². The summed E-state index contributed by atoms with van der Waals surface area (Å²) in [6.07, 6.45) is -1.13. The summed E-state index contributed by atoms with van der Waals surface area (Å²) in [5.74, 6) is -5.29. The van der Waals surface area contributed by atoms with Gasteiger partial charge in [0, 0.05) is 0 Å². The van der Waals surface area contributed by atoms with Crippen LogP contribution in [0.5, 0.6) is 0 Å². The second-order valence-corrected chi connectivity index (χ2v) is 3.07. The Morgan fingerprint density at radius 3 is 1.32 bits per heavy atom. The van der Waals surface area contributed by atoms with Crippen LogP contribution < -0.4 is 16.6 Å². The van der Waals surface area contributed by atoms with Gasteiger partial charge in [0.25, 0.3) is 0 Å². The van der Waals surface area contributed by atoms with E-state index in [0.717, 1.165) is 0 Å². The van der Waals surface area contributed by atoms with Crippen molar-refractivity contribution in [3.8, 4) is 0 Å². The standard InChI is InChI=1S/2C4H7NO4.Mg/c2*5-2(4(8)9)1-3(6)7;/h2*2H,1,5H2,(H,6,7)(H,8,9);/q;;+2/p-1/t2*2-;/m00./s1. The molecule has 0 aromatic rings. The summed E-state index contributed by atoms with van der Waals surface area (Å²) in [5, 5.41) is 33.7. The number of carbonyl (C=O) groups excluding carboxylic acids is 1. The van der Waals surface area contributed by atoms with Crippen LogP contribution in [-0.4, -0.2) is 74.3 Å². The van der Waals surface area contributed by atoms with E-state index in [1.54, 1.807) is 0 Å². The van der Waals surface area contributed by atoms with Gasteiger partial charge >= 0.3 is 41.0 Å². The Labute approximate surface area is 123 Å². The fourth-order valence-electron chi connectivity index (χ4n) is 0.547. The second-order valence-electron chi connectivity index (χ2n) is 3.07. The predicted octanol–water partition coefficient (Wildman–Crippen LogP) is -3.97. The SMILES string of the molecule is N[C@@H](CC(=O)O)C(=O)O.N[C@@H](CC(=O)O)C(=O)[O-].[Mg+2]. The van der Waals surface area contributed by atoms with Crippen LogP contribution in [0, 0.1) is 0 Å². The van der Waals surface area contributed by atoms with Crippen LogP contribution in [-0.2, 0) is 19.2 Å². The Morgan fingerprint density at radius 2 is 1.21 bits per heavy atom. The minimum absolute atomic E-state index is 0. The molecule has 0 heterocycles. The zero-order valence-corrected chi connectivity index (χ0v) is 11.2. The van der Waals surface area contributed by atoms with E-state index in [1.165, 1.54) is 0 Å². The van der Waals surface area contributed by atoms with Crippen LogP contribution in [0.25, 0.3) is 0 Å². The minimum atomic E-state index is -1.54. The molecule has 19 heavy (non-hydrogen) atoms. The molecule has 0 aliphatic rings. The molecule has 0 amide bonds. The molecular formula is C8H13MgN2O8+. The summed E-state index contributed by atoms with van der Waals surface area (Å²) in [6.45, 7) is 0. The number of nitrogens with two attached hydrogens (primary N) is 2. The molecule has 7 N–H and O–H groups in total. The molecule has 11 heteroatoms. The van der Waals surface area contributed by atoms with Gasteiger partial charge in [-0.2, -0.15) is 0 Å². The van der Waals surface area contributed by atoms with Crippen molar-refractivity contribution in [1.29, 1.82) is 0 Å². The largest absolute Gasteiger partial charge is 2.00 e. The van der Waals surface area contributed by atoms with Crippen molar-refractivity contribution >= 4 is 46.9 Å². The van der Waals surface area contributed by atoms with Crippen LogP contribution in [0.2, 0.25) is 0 Å². The van der Waals surface area contributed by atoms with Crippen LogP contribution in [0.15, 0.2) is 0 Å². The number of carbonyl (C=O) groups is 4.